The van der Waals surface area contributed by atoms with Gasteiger partial charge in [0, 0.05) is 19.5 Å². The van der Waals surface area contributed by atoms with E-state index in [2.05, 4.69) is 14.9 Å². The van der Waals surface area contributed by atoms with Gasteiger partial charge in [-0.1, -0.05) is 6.07 Å². The van der Waals surface area contributed by atoms with Crippen molar-refractivity contribution in [2.24, 2.45) is 5.92 Å². The van der Waals surface area contributed by atoms with Crippen LogP contribution in [0.3, 0.4) is 0 Å². The molecule has 1 aliphatic carbocycles. The Morgan fingerprint density at radius 2 is 1.92 bits per heavy atom. The SMILES string of the molecule is CN1CCC(NS(=O)(=O)CCOCCN2CCC(=O)NC2=O)(c2ccc(F)c(OCC3CC3)c2)CC1. The van der Waals surface area contributed by atoms with Crippen molar-refractivity contribution in [2.45, 2.75) is 37.6 Å². The summed E-state index contributed by atoms with van der Waals surface area (Å²) in [6, 6.07) is 4.15. The first-order valence-corrected chi connectivity index (χ1v) is 14.1. The van der Waals surface area contributed by atoms with Gasteiger partial charge in [-0.25, -0.2) is 22.3 Å². The van der Waals surface area contributed by atoms with Crippen molar-refractivity contribution >= 4 is 22.0 Å². The van der Waals surface area contributed by atoms with E-state index >= 15 is 0 Å². The van der Waals surface area contributed by atoms with Crippen molar-refractivity contribution in [1.82, 2.24) is 19.8 Å². The second-order valence-corrected chi connectivity index (χ2v) is 11.8. The Bertz CT molecular complexity index is 1060. The Balaban J connectivity index is 1.36. The summed E-state index contributed by atoms with van der Waals surface area (Å²) in [7, 11) is -1.75. The second kappa shape index (κ2) is 11.4. The van der Waals surface area contributed by atoms with Gasteiger partial charge in [0.25, 0.3) is 0 Å². The maximum atomic E-state index is 14.4. The van der Waals surface area contributed by atoms with Gasteiger partial charge in [0.2, 0.25) is 15.9 Å². The van der Waals surface area contributed by atoms with Crippen molar-refractivity contribution in [1.29, 1.82) is 0 Å². The van der Waals surface area contributed by atoms with E-state index < -0.39 is 27.4 Å². The van der Waals surface area contributed by atoms with Gasteiger partial charge in [-0.05, 0) is 69.4 Å². The highest BCUT2D eigenvalue weighted by Crippen LogP contribution is 2.37. The summed E-state index contributed by atoms with van der Waals surface area (Å²) in [5.74, 6) is -0.383. The van der Waals surface area contributed by atoms with E-state index in [9.17, 15) is 22.4 Å². The van der Waals surface area contributed by atoms with Crippen LogP contribution in [-0.2, 0) is 25.1 Å². The van der Waals surface area contributed by atoms with Crippen molar-refractivity contribution in [3.05, 3.63) is 29.6 Å². The number of urea groups is 1. The van der Waals surface area contributed by atoms with E-state index in [1.807, 2.05) is 7.05 Å². The van der Waals surface area contributed by atoms with Crippen molar-refractivity contribution in [2.75, 3.05) is 58.8 Å². The fourth-order valence-corrected chi connectivity index (χ4v) is 5.82. The molecule has 1 aromatic carbocycles. The van der Waals surface area contributed by atoms with Gasteiger partial charge < -0.3 is 19.3 Å². The lowest BCUT2D eigenvalue weighted by Gasteiger charge is -2.41. The normalized spacial score (nSPS) is 20.9. The molecule has 3 fully saturated rings. The van der Waals surface area contributed by atoms with Crippen LogP contribution in [0.5, 0.6) is 5.75 Å². The quantitative estimate of drug-likeness (QED) is 0.396. The lowest BCUT2D eigenvalue weighted by atomic mass is 9.82. The number of sulfonamides is 1. The average molecular weight is 527 g/mol. The number of nitrogens with one attached hydrogen (secondary N) is 2. The van der Waals surface area contributed by atoms with Crippen LogP contribution in [0.4, 0.5) is 9.18 Å². The van der Waals surface area contributed by atoms with Crippen LogP contribution in [0.25, 0.3) is 0 Å². The number of hydrogen-bond donors (Lipinski definition) is 2. The Morgan fingerprint density at radius 3 is 2.61 bits per heavy atom. The molecule has 0 aromatic heterocycles. The monoisotopic (exact) mass is 526 g/mol. The van der Waals surface area contributed by atoms with Gasteiger partial charge in [0.05, 0.1) is 31.1 Å². The summed E-state index contributed by atoms with van der Waals surface area (Å²) in [5.41, 5.74) is -0.173. The lowest BCUT2D eigenvalue weighted by Crippen LogP contribution is -2.53. The van der Waals surface area contributed by atoms with E-state index in [4.69, 9.17) is 9.47 Å². The Labute approximate surface area is 211 Å². The minimum atomic E-state index is -3.73. The number of halogens is 1. The molecule has 3 amide bonds. The predicted molar refractivity (Wildman–Crippen MR) is 130 cm³/mol. The van der Waals surface area contributed by atoms with Crippen LogP contribution < -0.4 is 14.8 Å². The minimum Gasteiger partial charge on any atom is -0.490 e. The predicted octanol–water partition coefficient (Wildman–Crippen LogP) is 1.41. The number of benzene rings is 1. The van der Waals surface area contributed by atoms with Crippen molar-refractivity contribution in [3.63, 3.8) is 0 Å². The molecule has 0 atom stereocenters. The molecule has 3 aliphatic rings. The molecule has 36 heavy (non-hydrogen) atoms. The van der Waals surface area contributed by atoms with E-state index in [0.29, 0.717) is 50.6 Å². The van der Waals surface area contributed by atoms with Gasteiger partial charge in [0.1, 0.15) is 0 Å². The minimum absolute atomic E-state index is 0.0428. The summed E-state index contributed by atoms with van der Waals surface area (Å²) >= 11 is 0. The standard InChI is InChI=1S/C24H35FN4O6S/c1-28-10-7-24(8-11-28,19-4-5-20(25)21(16-19)35-17-18-2-3-18)27-36(32,33)15-14-34-13-12-29-9-6-22(30)26-23(29)31/h4-5,16,18,27H,2-3,6-15,17H2,1H3,(H,26,30,31). The number of hydrogen-bond acceptors (Lipinski definition) is 7. The van der Waals surface area contributed by atoms with Crippen molar-refractivity contribution in [3.8, 4) is 5.75 Å². The third-order valence-electron chi connectivity index (χ3n) is 6.99. The molecule has 0 spiro atoms. The zero-order valence-corrected chi connectivity index (χ0v) is 21.4. The molecule has 0 unspecified atom stereocenters. The van der Waals surface area contributed by atoms with Crippen LogP contribution >= 0.6 is 0 Å². The number of carbonyl (C=O) groups is 2. The average Bonchev–Trinajstić information content (AvgIpc) is 3.65. The molecular formula is C24H35FN4O6S. The molecule has 2 N–H and O–H groups in total. The number of ether oxygens (including phenoxy) is 2. The zero-order valence-electron chi connectivity index (χ0n) is 20.6. The van der Waals surface area contributed by atoms with Gasteiger partial charge in [0.15, 0.2) is 11.6 Å². The first kappa shape index (κ1) is 26.8. The van der Waals surface area contributed by atoms with E-state index in [-0.39, 0.29) is 43.6 Å². The van der Waals surface area contributed by atoms with E-state index in [1.165, 1.54) is 11.0 Å². The second-order valence-electron chi connectivity index (χ2n) is 9.91. The third-order valence-corrected chi connectivity index (χ3v) is 8.40. The maximum absolute atomic E-state index is 14.4. The largest absolute Gasteiger partial charge is 0.490 e. The summed E-state index contributed by atoms with van der Waals surface area (Å²) in [6.45, 7) is 2.54. The summed E-state index contributed by atoms with van der Waals surface area (Å²) in [6.07, 6.45) is 3.49. The molecule has 1 aromatic rings. The van der Waals surface area contributed by atoms with Gasteiger partial charge in [-0.3, -0.25) is 10.1 Å². The molecule has 0 bridgehead atoms. The molecule has 4 rings (SSSR count). The first-order valence-electron chi connectivity index (χ1n) is 12.5. The fourth-order valence-electron chi connectivity index (χ4n) is 4.46. The van der Waals surface area contributed by atoms with E-state index in [1.54, 1.807) is 12.1 Å². The number of piperidine rings is 1. The summed E-state index contributed by atoms with van der Waals surface area (Å²) < 4.78 is 54.6. The van der Waals surface area contributed by atoms with Gasteiger partial charge in [-0.2, -0.15) is 0 Å². The maximum Gasteiger partial charge on any atom is 0.324 e. The zero-order chi connectivity index (χ0) is 25.8. The Kier molecular flexibility index (Phi) is 8.48. The molecule has 2 aliphatic heterocycles. The highest BCUT2D eigenvalue weighted by atomic mass is 32.2. The number of nitrogens with zero attached hydrogens (tertiary/aromatic N) is 2. The number of amides is 3. The first-order chi connectivity index (χ1) is 17.2. The van der Waals surface area contributed by atoms with Crippen LogP contribution in [0.1, 0.15) is 37.7 Å². The smallest absolute Gasteiger partial charge is 0.324 e. The van der Waals surface area contributed by atoms with Crippen molar-refractivity contribution < 1.29 is 31.9 Å². The van der Waals surface area contributed by atoms with Crippen LogP contribution in [0, 0.1) is 11.7 Å². The third kappa shape index (κ3) is 7.15. The van der Waals surface area contributed by atoms with Gasteiger partial charge in [-0.15, -0.1) is 0 Å². The van der Waals surface area contributed by atoms with Gasteiger partial charge >= 0.3 is 6.03 Å². The Hall–Kier alpha value is -2.28. The molecule has 2 heterocycles. The lowest BCUT2D eigenvalue weighted by molar-refractivity contribution is -0.121. The summed E-state index contributed by atoms with van der Waals surface area (Å²) in [4.78, 5) is 26.6. The number of carbonyl (C=O) groups excluding carboxylic acids is 2. The summed E-state index contributed by atoms with van der Waals surface area (Å²) in [5, 5.41) is 2.24. The molecular weight excluding hydrogens is 491 g/mol. The number of likely N-dealkylation sites (tertiary alicyclic amines) is 1. The fraction of sp³-hybridized carbons (Fsp3) is 0.667. The van der Waals surface area contributed by atoms with Crippen LogP contribution in [0.15, 0.2) is 18.2 Å². The van der Waals surface area contributed by atoms with Crippen LogP contribution in [-0.4, -0.2) is 89.0 Å². The topological polar surface area (TPSA) is 117 Å². The molecule has 1 saturated carbocycles. The number of rotatable bonds is 12. The highest BCUT2D eigenvalue weighted by molar-refractivity contribution is 7.89. The molecule has 2 saturated heterocycles. The number of imide groups is 1. The molecule has 12 heteroatoms. The molecule has 0 radical (unpaired) electrons. The van der Waals surface area contributed by atoms with E-state index in [0.717, 1.165) is 12.8 Å². The Morgan fingerprint density at radius 1 is 1.17 bits per heavy atom. The molecule has 10 nitrogen and oxygen atoms in total. The highest BCUT2D eigenvalue weighted by Gasteiger charge is 2.39. The molecule has 200 valence electrons. The van der Waals surface area contributed by atoms with Crippen LogP contribution in [0.2, 0.25) is 0 Å².